The van der Waals surface area contributed by atoms with Crippen molar-refractivity contribution in [3.63, 3.8) is 0 Å². The molecule has 2 atom stereocenters. The number of aryl methyl sites for hydroxylation is 1. The summed E-state index contributed by atoms with van der Waals surface area (Å²) in [7, 11) is 0. The van der Waals surface area contributed by atoms with Crippen LogP contribution in [0.3, 0.4) is 0 Å². The smallest absolute Gasteiger partial charge is 0.318 e. The highest BCUT2D eigenvalue weighted by molar-refractivity contribution is 5.97. The predicted molar refractivity (Wildman–Crippen MR) is 176 cm³/mol. The van der Waals surface area contributed by atoms with E-state index in [9.17, 15) is 4.79 Å². The molecule has 230 valence electrons. The Bertz CT molecular complexity index is 1550. The zero-order chi connectivity index (χ0) is 30.6. The molecule has 3 aliphatic rings. The Kier molecular flexibility index (Phi) is 9.02. The molecule has 1 amide bonds. The number of rotatable bonds is 9. The SMILES string of the molecule is [C-]#[N+]C[C@H]1CN(c2nc(OCCC(C)C3CCCC3)nc3c2CCN(c2cccc4cccc(C)c24)C3)CCN1C(=O)C=C. The minimum atomic E-state index is -0.215. The number of carbonyl (C=O) groups excluding carboxylic acids is 1. The van der Waals surface area contributed by atoms with Gasteiger partial charge in [0, 0.05) is 42.8 Å². The van der Waals surface area contributed by atoms with Gasteiger partial charge in [-0.15, -0.1) is 0 Å². The number of nitrogens with zero attached hydrogens (tertiary/aromatic N) is 6. The molecule has 1 unspecified atom stereocenters. The van der Waals surface area contributed by atoms with Crippen molar-refractivity contribution in [2.45, 2.75) is 65.0 Å². The lowest BCUT2D eigenvalue weighted by atomic mass is 9.90. The van der Waals surface area contributed by atoms with Crippen molar-refractivity contribution >= 4 is 28.2 Å². The van der Waals surface area contributed by atoms with Crippen LogP contribution in [0.1, 0.15) is 55.8 Å². The number of piperazine rings is 1. The lowest BCUT2D eigenvalue weighted by molar-refractivity contribution is -0.128. The van der Waals surface area contributed by atoms with E-state index in [1.165, 1.54) is 53.8 Å². The highest BCUT2D eigenvalue weighted by Gasteiger charge is 2.35. The quantitative estimate of drug-likeness (QED) is 0.217. The molecular formula is C36H44N6O2. The third-order valence-corrected chi connectivity index (χ3v) is 10.0. The minimum absolute atomic E-state index is 0.121. The first kappa shape index (κ1) is 29.9. The number of hydrogen-bond donors (Lipinski definition) is 0. The fourth-order valence-electron chi connectivity index (χ4n) is 7.50. The van der Waals surface area contributed by atoms with Gasteiger partial charge in [0.2, 0.25) is 12.5 Å². The molecule has 3 heterocycles. The van der Waals surface area contributed by atoms with Crippen LogP contribution in [0.5, 0.6) is 6.01 Å². The van der Waals surface area contributed by atoms with Crippen LogP contribution in [0.2, 0.25) is 0 Å². The maximum Gasteiger partial charge on any atom is 0.318 e. The first-order valence-electron chi connectivity index (χ1n) is 16.2. The Labute approximate surface area is 261 Å². The van der Waals surface area contributed by atoms with Crippen LogP contribution in [0.25, 0.3) is 15.6 Å². The number of fused-ring (bicyclic) bond motifs is 2. The highest BCUT2D eigenvalue weighted by atomic mass is 16.5. The molecule has 2 aromatic carbocycles. The van der Waals surface area contributed by atoms with Crippen molar-refractivity contribution in [2.75, 3.05) is 49.1 Å². The average Bonchev–Trinajstić information content (AvgIpc) is 3.59. The maximum absolute atomic E-state index is 12.6. The van der Waals surface area contributed by atoms with E-state index in [-0.39, 0.29) is 18.5 Å². The molecule has 1 saturated heterocycles. The van der Waals surface area contributed by atoms with Crippen LogP contribution in [-0.4, -0.2) is 66.1 Å². The largest absolute Gasteiger partial charge is 0.463 e. The molecule has 3 aromatic rings. The van der Waals surface area contributed by atoms with Crippen molar-refractivity contribution in [3.8, 4) is 6.01 Å². The van der Waals surface area contributed by atoms with Crippen molar-refractivity contribution in [1.29, 1.82) is 0 Å². The molecule has 2 aliphatic heterocycles. The lowest BCUT2D eigenvalue weighted by Crippen LogP contribution is -2.56. The van der Waals surface area contributed by atoms with E-state index in [4.69, 9.17) is 21.3 Å². The van der Waals surface area contributed by atoms with Crippen LogP contribution in [-0.2, 0) is 17.8 Å². The zero-order valence-electron chi connectivity index (χ0n) is 26.2. The Balaban J connectivity index is 1.30. The van der Waals surface area contributed by atoms with Gasteiger partial charge in [-0.05, 0) is 54.7 Å². The molecule has 0 spiro atoms. The van der Waals surface area contributed by atoms with E-state index in [1.54, 1.807) is 4.90 Å². The number of hydrogen-bond acceptors (Lipinski definition) is 6. The van der Waals surface area contributed by atoms with E-state index in [0.29, 0.717) is 44.7 Å². The zero-order valence-corrected chi connectivity index (χ0v) is 26.2. The number of ether oxygens (including phenoxy) is 1. The van der Waals surface area contributed by atoms with Crippen LogP contribution >= 0.6 is 0 Å². The van der Waals surface area contributed by atoms with Gasteiger partial charge in [-0.1, -0.05) is 69.5 Å². The number of benzene rings is 2. The number of amides is 1. The van der Waals surface area contributed by atoms with Gasteiger partial charge in [0.25, 0.3) is 0 Å². The van der Waals surface area contributed by atoms with Gasteiger partial charge in [-0.25, -0.2) is 6.57 Å². The summed E-state index contributed by atoms with van der Waals surface area (Å²) in [6, 6.07) is 13.2. The second-order valence-corrected chi connectivity index (χ2v) is 12.7. The highest BCUT2D eigenvalue weighted by Crippen LogP contribution is 2.36. The first-order valence-corrected chi connectivity index (χ1v) is 16.2. The summed E-state index contributed by atoms with van der Waals surface area (Å²) >= 11 is 0. The monoisotopic (exact) mass is 592 g/mol. The van der Waals surface area contributed by atoms with Gasteiger partial charge in [0.1, 0.15) is 11.9 Å². The number of carbonyl (C=O) groups is 1. The van der Waals surface area contributed by atoms with Gasteiger partial charge < -0.3 is 24.3 Å². The number of aromatic nitrogens is 2. The number of anilines is 2. The summed E-state index contributed by atoms with van der Waals surface area (Å²) in [6.07, 6.45) is 8.51. The summed E-state index contributed by atoms with van der Waals surface area (Å²) in [6.45, 7) is 19.8. The molecule has 0 bridgehead atoms. The minimum Gasteiger partial charge on any atom is -0.463 e. The second-order valence-electron chi connectivity index (χ2n) is 12.7. The van der Waals surface area contributed by atoms with Crippen LogP contribution in [0.4, 0.5) is 11.5 Å². The molecule has 1 saturated carbocycles. The van der Waals surface area contributed by atoms with Crippen molar-refractivity contribution in [3.05, 3.63) is 77.3 Å². The van der Waals surface area contributed by atoms with Gasteiger partial charge >= 0.3 is 6.01 Å². The summed E-state index contributed by atoms with van der Waals surface area (Å²) in [5.74, 6) is 2.20. The summed E-state index contributed by atoms with van der Waals surface area (Å²) < 4.78 is 6.32. The van der Waals surface area contributed by atoms with Crippen molar-refractivity contribution < 1.29 is 9.53 Å². The molecule has 8 heteroatoms. The predicted octanol–water partition coefficient (Wildman–Crippen LogP) is 6.22. The van der Waals surface area contributed by atoms with Gasteiger partial charge in [-0.3, -0.25) is 4.79 Å². The lowest BCUT2D eigenvalue weighted by Gasteiger charge is -2.41. The molecule has 0 radical (unpaired) electrons. The summed E-state index contributed by atoms with van der Waals surface area (Å²) in [5.41, 5.74) is 4.64. The van der Waals surface area contributed by atoms with Crippen molar-refractivity contribution in [1.82, 2.24) is 14.9 Å². The van der Waals surface area contributed by atoms with E-state index in [0.717, 1.165) is 42.4 Å². The second kappa shape index (κ2) is 13.3. The molecule has 44 heavy (non-hydrogen) atoms. The third kappa shape index (κ3) is 6.10. The van der Waals surface area contributed by atoms with Gasteiger partial charge in [0.15, 0.2) is 0 Å². The maximum atomic E-state index is 12.6. The molecule has 1 aliphatic carbocycles. The Morgan fingerprint density at radius 3 is 2.70 bits per heavy atom. The molecule has 6 rings (SSSR count). The molecular weight excluding hydrogens is 548 g/mol. The molecule has 1 aromatic heterocycles. The van der Waals surface area contributed by atoms with Gasteiger partial charge in [0.05, 0.1) is 18.8 Å². The van der Waals surface area contributed by atoms with Gasteiger partial charge in [-0.2, -0.15) is 9.97 Å². The average molecular weight is 593 g/mol. The Hall–Kier alpha value is -4.12. The van der Waals surface area contributed by atoms with Crippen LogP contribution in [0, 0.1) is 25.3 Å². The normalized spacial score (nSPS) is 19.5. The molecule has 8 nitrogen and oxygen atoms in total. The Morgan fingerprint density at radius 2 is 1.93 bits per heavy atom. The molecule has 2 fully saturated rings. The van der Waals surface area contributed by atoms with E-state index in [2.05, 4.69) is 71.5 Å². The van der Waals surface area contributed by atoms with E-state index < -0.39 is 0 Å². The fraction of sp³-hybridized carbons (Fsp3) is 0.500. The van der Waals surface area contributed by atoms with Crippen molar-refractivity contribution in [2.24, 2.45) is 11.8 Å². The van der Waals surface area contributed by atoms with Crippen LogP contribution < -0.4 is 14.5 Å². The Morgan fingerprint density at radius 1 is 1.14 bits per heavy atom. The van der Waals surface area contributed by atoms with Crippen LogP contribution in [0.15, 0.2) is 49.1 Å². The fourth-order valence-corrected chi connectivity index (χ4v) is 7.50. The standard InChI is InChI=1S/C36H44N6O2/c1-5-33(43)42-20-19-41(23-29(42)22-37-4)35-30-16-18-40(32-15-9-14-28-13-8-10-26(3)34(28)32)24-31(30)38-36(39-35)44-21-17-25(2)27-11-6-7-12-27/h5,8-10,13-15,25,27,29H,1,6-7,11-12,16-24H2,2-3H3/t25?,29-/m0/s1. The first-order chi connectivity index (χ1) is 21.5. The summed E-state index contributed by atoms with van der Waals surface area (Å²) in [5, 5.41) is 2.53. The van der Waals surface area contributed by atoms with E-state index >= 15 is 0 Å². The summed E-state index contributed by atoms with van der Waals surface area (Å²) in [4.78, 5) is 32.7. The van der Waals surface area contributed by atoms with E-state index in [1.807, 2.05) is 0 Å². The topological polar surface area (TPSA) is 66.2 Å². The molecule has 0 N–H and O–H groups in total. The third-order valence-electron chi connectivity index (χ3n) is 10.0.